The quantitative estimate of drug-likeness (QED) is 0.474. The van der Waals surface area contributed by atoms with E-state index in [2.05, 4.69) is 28.5 Å². The summed E-state index contributed by atoms with van der Waals surface area (Å²) in [5.74, 6) is 15.6. The van der Waals surface area contributed by atoms with E-state index in [0.717, 1.165) is 17.5 Å². The molecule has 1 fully saturated rings. The lowest BCUT2D eigenvalue weighted by atomic mass is 10.1. The molecule has 1 heterocycles. The van der Waals surface area contributed by atoms with Crippen molar-refractivity contribution in [2.45, 2.75) is 18.9 Å². The first-order chi connectivity index (χ1) is 13.6. The summed E-state index contributed by atoms with van der Waals surface area (Å²) in [4.78, 5) is 30.1. The molecular formula is C22H19N3O3. The van der Waals surface area contributed by atoms with Crippen LogP contribution in [0.1, 0.15) is 34.3 Å². The maximum atomic E-state index is 12.6. The third-order valence-electron chi connectivity index (χ3n) is 4.42. The molecule has 0 spiro atoms. The Balaban J connectivity index is 1.66. The zero-order chi connectivity index (χ0) is 19.9. The predicted molar refractivity (Wildman–Crippen MR) is 105 cm³/mol. The molecule has 28 heavy (non-hydrogen) atoms. The zero-order valence-electron chi connectivity index (χ0n) is 15.1. The van der Waals surface area contributed by atoms with E-state index < -0.39 is 12.0 Å². The SMILES string of the molecule is NOC(=O)C1CCCN1C(=O)c1ccc(C#CC#Cc2ccc(N)cc2)cc1. The second-order valence-electron chi connectivity index (χ2n) is 6.29. The number of nitrogens with zero attached hydrogens (tertiary/aromatic N) is 1. The van der Waals surface area contributed by atoms with Gasteiger partial charge in [-0.25, -0.2) is 4.79 Å². The van der Waals surface area contributed by atoms with Gasteiger partial charge in [-0.15, -0.1) is 0 Å². The number of hydrogen-bond acceptors (Lipinski definition) is 5. The first-order valence-corrected chi connectivity index (χ1v) is 8.77. The van der Waals surface area contributed by atoms with Crippen molar-refractivity contribution >= 4 is 17.6 Å². The molecule has 0 bridgehead atoms. The number of anilines is 1. The average molecular weight is 373 g/mol. The highest BCUT2D eigenvalue weighted by Gasteiger charge is 2.35. The average Bonchev–Trinajstić information content (AvgIpc) is 3.22. The maximum absolute atomic E-state index is 12.6. The van der Waals surface area contributed by atoms with E-state index in [0.29, 0.717) is 24.2 Å². The lowest BCUT2D eigenvalue weighted by Gasteiger charge is -2.22. The molecule has 6 nitrogen and oxygen atoms in total. The molecule has 0 aromatic heterocycles. The van der Waals surface area contributed by atoms with Crippen LogP contribution >= 0.6 is 0 Å². The van der Waals surface area contributed by atoms with Crippen LogP contribution in [0.3, 0.4) is 0 Å². The molecule has 1 aliphatic heterocycles. The van der Waals surface area contributed by atoms with Crippen LogP contribution in [0.25, 0.3) is 0 Å². The third-order valence-corrected chi connectivity index (χ3v) is 4.42. The number of rotatable bonds is 2. The monoisotopic (exact) mass is 373 g/mol. The van der Waals surface area contributed by atoms with E-state index in [1.165, 1.54) is 4.90 Å². The van der Waals surface area contributed by atoms with Gasteiger partial charge in [0.15, 0.2) is 0 Å². The van der Waals surface area contributed by atoms with E-state index in [1.807, 2.05) is 12.1 Å². The molecule has 1 saturated heterocycles. The molecule has 3 rings (SSSR count). The summed E-state index contributed by atoms with van der Waals surface area (Å²) >= 11 is 0. The molecule has 2 aromatic rings. The fourth-order valence-corrected chi connectivity index (χ4v) is 2.97. The van der Waals surface area contributed by atoms with Crippen molar-refractivity contribution in [3.8, 4) is 23.7 Å². The Bertz CT molecular complexity index is 990. The first kappa shape index (κ1) is 19.0. The van der Waals surface area contributed by atoms with E-state index in [4.69, 9.17) is 11.6 Å². The molecule has 140 valence electrons. The normalized spacial score (nSPS) is 15.0. The van der Waals surface area contributed by atoms with Crippen LogP contribution in [0.4, 0.5) is 5.69 Å². The molecule has 1 unspecified atom stereocenters. The summed E-state index contributed by atoms with van der Waals surface area (Å²) in [7, 11) is 0. The van der Waals surface area contributed by atoms with Gasteiger partial charge in [-0.1, -0.05) is 11.8 Å². The Hall–Kier alpha value is -3.74. The minimum atomic E-state index is -0.624. The van der Waals surface area contributed by atoms with Crippen molar-refractivity contribution in [3.05, 3.63) is 65.2 Å². The largest absolute Gasteiger partial charge is 0.399 e. The number of amides is 1. The van der Waals surface area contributed by atoms with Gasteiger partial charge in [0.05, 0.1) is 0 Å². The third kappa shape index (κ3) is 4.50. The van der Waals surface area contributed by atoms with Crippen molar-refractivity contribution in [3.63, 3.8) is 0 Å². The van der Waals surface area contributed by atoms with Gasteiger partial charge < -0.3 is 15.5 Å². The molecule has 4 N–H and O–H groups in total. The van der Waals surface area contributed by atoms with Gasteiger partial charge in [0.25, 0.3) is 5.91 Å². The van der Waals surface area contributed by atoms with Crippen LogP contribution in [0.15, 0.2) is 48.5 Å². The van der Waals surface area contributed by atoms with Gasteiger partial charge >= 0.3 is 5.97 Å². The summed E-state index contributed by atoms with van der Waals surface area (Å²) in [6.45, 7) is 0.501. The highest BCUT2D eigenvalue weighted by molar-refractivity contribution is 5.97. The van der Waals surface area contributed by atoms with Crippen LogP contribution in [0.5, 0.6) is 0 Å². The molecule has 2 aromatic carbocycles. The number of nitrogens with two attached hydrogens (primary N) is 2. The molecule has 1 atom stereocenters. The standard InChI is InChI=1S/C22H19N3O3/c23-19-13-9-17(10-14-19)5-2-1-4-16-7-11-18(12-8-16)21(26)25-15-3-6-20(25)22(27)28-24/h7-14,20H,3,6,15,23-24H2. The number of hydrogen-bond donors (Lipinski definition) is 2. The number of carbonyl (C=O) groups is 2. The Labute approximate surface area is 163 Å². The summed E-state index contributed by atoms with van der Waals surface area (Å²) < 4.78 is 0. The highest BCUT2D eigenvalue weighted by Crippen LogP contribution is 2.21. The molecule has 0 aliphatic carbocycles. The van der Waals surface area contributed by atoms with Gasteiger partial charge in [-0.3, -0.25) is 4.79 Å². The smallest absolute Gasteiger partial charge is 0.347 e. The van der Waals surface area contributed by atoms with Gasteiger partial charge in [-0.05, 0) is 73.2 Å². The topological polar surface area (TPSA) is 98.6 Å². The fourth-order valence-electron chi connectivity index (χ4n) is 2.97. The summed E-state index contributed by atoms with van der Waals surface area (Å²) in [6.07, 6.45) is 1.29. The van der Waals surface area contributed by atoms with E-state index in [9.17, 15) is 9.59 Å². The minimum Gasteiger partial charge on any atom is -0.399 e. The van der Waals surface area contributed by atoms with Crippen LogP contribution in [-0.4, -0.2) is 29.4 Å². The first-order valence-electron chi connectivity index (χ1n) is 8.77. The Morgan fingerprint density at radius 1 is 0.964 bits per heavy atom. The van der Waals surface area contributed by atoms with Gasteiger partial charge in [0.2, 0.25) is 0 Å². The van der Waals surface area contributed by atoms with Crippen LogP contribution < -0.4 is 11.6 Å². The summed E-state index contributed by atoms with van der Waals surface area (Å²) in [5.41, 5.74) is 8.37. The number of likely N-dealkylation sites (tertiary alicyclic amines) is 1. The zero-order valence-corrected chi connectivity index (χ0v) is 15.1. The maximum Gasteiger partial charge on any atom is 0.347 e. The lowest BCUT2D eigenvalue weighted by molar-refractivity contribution is -0.148. The van der Waals surface area contributed by atoms with E-state index >= 15 is 0 Å². The molecule has 1 aliphatic rings. The van der Waals surface area contributed by atoms with Crippen LogP contribution in [0.2, 0.25) is 0 Å². The van der Waals surface area contributed by atoms with Crippen molar-refractivity contribution in [2.24, 2.45) is 5.90 Å². The van der Waals surface area contributed by atoms with Crippen molar-refractivity contribution < 1.29 is 14.4 Å². The molecule has 0 radical (unpaired) electrons. The summed E-state index contributed by atoms with van der Waals surface area (Å²) in [6, 6.07) is 13.5. The Morgan fingerprint density at radius 3 is 2.11 bits per heavy atom. The highest BCUT2D eigenvalue weighted by atomic mass is 16.7. The molecular weight excluding hydrogens is 354 g/mol. The summed E-state index contributed by atoms with van der Waals surface area (Å²) in [5, 5.41) is 0. The molecule has 0 saturated carbocycles. The Morgan fingerprint density at radius 2 is 1.54 bits per heavy atom. The molecule has 1 amide bonds. The Kier molecular flexibility index (Phi) is 5.96. The number of carbonyl (C=O) groups excluding carboxylic acids is 2. The fraction of sp³-hybridized carbons (Fsp3) is 0.182. The van der Waals surface area contributed by atoms with E-state index in [-0.39, 0.29) is 5.91 Å². The van der Waals surface area contributed by atoms with E-state index in [1.54, 1.807) is 36.4 Å². The molecule has 6 heteroatoms. The predicted octanol–water partition coefficient (Wildman–Crippen LogP) is 1.69. The van der Waals surface area contributed by atoms with Crippen LogP contribution in [-0.2, 0) is 9.63 Å². The van der Waals surface area contributed by atoms with Gasteiger partial charge in [0.1, 0.15) is 6.04 Å². The van der Waals surface area contributed by atoms with Crippen molar-refractivity contribution in [1.82, 2.24) is 4.90 Å². The van der Waals surface area contributed by atoms with Crippen LogP contribution in [0, 0.1) is 23.7 Å². The van der Waals surface area contributed by atoms with Gasteiger partial charge in [-0.2, -0.15) is 5.90 Å². The number of nitrogen functional groups attached to an aromatic ring is 1. The second kappa shape index (κ2) is 8.77. The lowest BCUT2D eigenvalue weighted by Crippen LogP contribution is -2.42. The second-order valence-corrected chi connectivity index (χ2v) is 6.29. The van der Waals surface area contributed by atoms with Crippen molar-refractivity contribution in [2.75, 3.05) is 12.3 Å². The van der Waals surface area contributed by atoms with Crippen molar-refractivity contribution in [1.29, 1.82) is 0 Å². The van der Waals surface area contributed by atoms with Gasteiger partial charge in [0, 0.05) is 28.9 Å². The minimum absolute atomic E-state index is 0.226. The number of benzene rings is 2.